The Morgan fingerprint density at radius 3 is 2.24 bits per heavy atom. The summed E-state index contributed by atoms with van der Waals surface area (Å²) in [5.41, 5.74) is 1.36. The molecular formula is C22H30N2O4S. The van der Waals surface area contributed by atoms with Crippen molar-refractivity contribution in [1.29, 1.82) is 0 Å². The van der Waals surface area contributed by atoms with Crippen LogP contribution in [0.4, 0.5) is 0 Å². The molecule has 1 atom stereocenters. The Kier molecular flexibility index (Phi) is 8.67. The van der Waals surface area contributed by atoms with Crippen molar-refractivity contribution in [3.63, 3.8) is 0 Å². The highest BCUT2D eigenvalue weighted by molar-refractivity contribution is 7.89. The number of carbonyl (C=O) groups is 1. The number of rotatable bonds is 11. The summed E-state index contributed by atoms with van der Waals surface area (Å²) in [6.45, 7) is 4.43. The highest BCUT2D eigenvalue weighted by Crippen LogP contribution is 2.15. The average Bonchev–Trinajstić information content (AvgIpc) is 2.75. The fourth-order valence-corrected chi connectivity index (χ4v) is 4.25. The highest BCUT2D eigenvalue weighted by atomic mass is 32.2. The molecule has 29 heavy (non-hydrogen) atoms. The van der Waals surface area contributed by atoms with Crippen LogP contribution in [0.5, 0.6) is 5.75 Å². The van der Waals surface area contributed by atoms with E-state index in [1.807, 2.05) is 31.2 Å². The van der Waals surface area contributed by atoms with Gasteiger partial charge in [0.1, 0.15) is 5.75 Å². The fraction of sp³-hybridized carbons (Fsp3) is 0.409. The summed E-state index contributed by atoms with van der Waals surface area (Å²) in [5, 5.41) is 2.83. The van der Waals surface area contributed by atoms with Gasteiger partial charge < -0.3 is 10.1 Å². The van der Waals surface area contributed by atoms with E-state index in [1.54, 1.807) is 7.11 Å². The zero-order chi connectivity index (χ0) is 21.3. The molecule has 7 heteroatoms. The average molecular weight is 419 g/mol. The summed E-state index contributed by atoms with van der Waals surface area (Å²) in [5.74, 6) is 0.498. The molecule has 158 valence electrons. The molecule has 2 aromatic carbocycles. The summed E-state index contributed by atoms with van der Waals surface area (Å²) in [6, 6.07) is 13.3. The zero-order valence-corrected chi connectivity index (χ0v) is 18.1. The number of benzene rings is 2. The Morgan fingerprint density at radius 2 is 1.69 bits per heavy atom. The Morgan fingerprint density at radius 1 is 1.03 bits per heavy atom. The number of sulfonamides is 1. The minimum absolute atomic E-state index is 0.0765. The van der Waals surface area contributed by atoms with Crippen molar-refractivity contribution in [3.8, 4) is 5.75 Å². The van der Waals surface area contributed by atoms with E-state index >= 15 is 0 Å². The zero-order valence-electron chi connectivity index (χ0n) is 17.3. The van der Waals surface area contributed by atoms with E-state index < -0.39 is 10.0 Å². The van der Waals surface area contributed by atoms with E-state index in [1.165, 1.54) is 24.3 Å². The second kappa shape index (κ2) is 11.0. The maximum absolute atomic E-state index is 12.6. The van der Waals surface area contributed by atoms with Crippen LogP contribution in [-0.4, -0.2) is 27.5 Å². The fourth-order valence-electron chi connectivity index (χ4n) is 2.90. The molecule has 0 saturated heterocycles. The van der Waals surface area contributed by atoms with Gasteiger partial charge in [-0.1, -0.05) is 38.8 Å². The van der Waals surface area contributed by atoms with Gasteiger partial charge in [0.05, 0.1) is 12.0 Å². The second-order valence-corrected chi connectivity index (χ2v) is 8.64. The van der Waals surface area contributed by atoms with Crippen LogP contribution in [0.25, 0.3) is 0 Å². The summed E-state index contributed by atoms with van der Waals surface area (Å²) >= 11 is 0. The predicted molar refractivity (Wildman–Crippen MR) is 115 cm³/mol. The number of amides is 1. The van der Waals surface area contributed by atoms with Crippen molar-refractivity contribution >= 4 is 15.9 Å². The number of carbonyl (C=O) groups excluding carboxylic acids is 1. The van der Waals surface area contributed by atoms with Crippen molar-refractivity contribution < 1.29 is 17.9 Å². The van der Waals surface area contributed by atoms with Crippen molar-refractivity contribution in [2.24, 2.45) is 0 Å². The Balaban J connectivity index is 1.97. The van der Waals surface area contributed by atoms with Crippen LogP contribution in [0.1, 0.15) is 55.5 Å². The second-order valence-electron chi connectivity index (χ2n) is 6.92. The van der Waals surface area contributed by atoms with Gasteiger partial charge in [0.25, 0.3) is 5.91 Å². The van der Waals surface area contributed by atoms with Crippen LogP contribution in [0.15, 0.2) is 53.4 Å². The van der Waals surface area contributed by atoms with Crippen LogP contribution in [-0.2, 0) is 16.6 Å². The molecule has 0 aromatic heterocycles. The van der Waals surface area contributed by atoms with Gasteiger partial charge in [0, 0.05) is 18.2 Å². The van der Waals surface area contributed by atoms with E-state index in [0.717, 1.165) is 37.0 Å². The van der Waals surface area contributed by atoms with E-state index in [2.05, 4.69) is 17.0 Å². The van der Waals surface area contributed by atoms with E-state index in [-0.39, 0.29) is 16.8 Å². The number of unbranched alkanes of at least 4 members (excludes halogenated alkanes) is 1. The van der Waals surface area contributed by atoms with Crippen LogP contribution in [0, 0.1) is 0 Å². The quantitative estimate of drug-likeness (QED) is 0.580. The molecule has 0 bridgehead atoms. The summed E-state index contributed by atoms with van der Waals surface area (Å²) in [4.78, 5) is 12.5. The van der Waals surface area contributed by atoms with Crippen molar-refractivity contribution in [2.75, 3.05) is 7.11 Å². The Bertz CT molecular complexity index is 878. The lowest BCUT2D eigenvalue weighted by molar-refractivity contribution is 0.0951. The molecular weight excluding hydrogens is 388 g/mol. The van der Waals surface area contributed by atoms with Crippen LogP contribution in [0.2, 0.25) is 0 Å². The van der Waals surface area contributed by atoms with Crippen LogP contribution >= 0.6 is 0 Å². The molecule has 2 aromatic rings. The monoisotopic (exact) mass is 418 g/mol. The number of hydrogen-bond donors (Lipinski definition) is 2. The van der Waals surface area contributed by atoms with Gasteiger partial charge in [-0.3, -0.25) is 4.79 Å². The number of nitrogens with one attached hydrogen (secondary N) is 2. The number of ether oxygens (including phenoxy) is 1. The third-order valence-electron chi connectivity index (χ3n) is 4.76. The topological polar surface area (TPSA) is 84.5 Å². The molecule has 0 aliphatic carbocycles. The van der Waals surface area contributed by atoms with E-state index in [0.29, 0.717) is 12.1 Å². The minimum atomic E-state index is -3.60. The summed E-state index contributed by atoms with van der Waals surface area (Å²) < 4.78 is 33.0. The van der Waals surface area contributed by atoms with Gasteiger partial charge in [0.2, 0.25) is 10.0 Å². The van der Waals surface area contributed by atoms with Crippen molar-refractivity contribution in [2.45, 2.75) is 57.0 Å². The number of hydrogen-bond acceptors (Lipinski definition) is 4. The predicted octanol–water partition coefficient (Wildman–Crippen LogP) is 3.87. The lowest BCUT2D eigenvalue weighted by Gasteiger charge is -2.17. The molecule has 6 nitrogen and oxygen atoms in total. The summed E-state index contributed by atoms with van der Waals surface area (Å²) in [6.07, 6.45) is 3.57. The first-order valence-electron chi connectivity index (χ1n) is 9.93. The smallest absolute Gasteiger partial charge is 0.251 e. The molecule has 2 rings (SSSR count). The first-order valence-corrected chi connectivity index (χ1v) is 11.4. The molecule has 0 aliphatic heterocycles. The van der Waals surface area contributed by atoms with Crippen molar-refractivity contribution in [1.82, 2.24) is 10.0 Å². The van der Waals surface area contributed by atoms with Gasteiger partial charge in [0.15, 0.2) is 0 Å². The van der Waals surface area contributed by atoms with Gasteiger partial charge >= 0.3 is 0 Å². The first kappa shape index (κ1) is 22.9. The van der Waals surface area contributed by atoms with E-state index in [9.17, 15) is 13.2 Å². The molecule has 1 amide bonds. The Labute approximate surface area is 173 Å². The SMILES string of the molecule is CCCCC(CC)NS(=O)(=O)c1ccc(C(=O)NCc2ccc(OC)cc2)cc1. The van der Waals surface area contributed by atoms with Gasteiger partial charge in [-0.25, -0.2) is 13.1 Å². The molecule has 1 unspecified atom stereocenters. The third kappa shape index (κ3) is 6.87. The Hall–Kier alpha value is -2.38. The minimum Gasteiger partial charge on any atom is -0.497 e. The largest absolute Gasteiger partial charge is 0.497 e. The standard InChI is InChI=1S/C22H30N2O4S/c1-4-6-7-19(5-2)24-29(26,27)21-14-10-18(11-15-21)22(25)23-16-17-8-12-20(28-3)13-9-17/h8-15,19,24H,4-7,16H2,1-3H3,(H,23,25). The van der Waals surface area contributed by atoms with Crippen LogP contribution in [0.3, 0.4) is 0 Å². The van der Waals surface area contributed by atoms with Crippen molar-refractivity contribution in [3.05, 3.63) is 59.7 Å². The maximum atomic E-state index is 12.6. The normalized spacial score (nSPS) is 12.4. The van der Waals surface area contributed by atoms with Gasteiger partial charge in [-0.05, 0) is 54.8 Å². The molecule has 0 spiro atoms. The molecule has 0 fully saturated rings. The molecule has 0 heterocycles. The maximum Gasteiger partial charge on any atom is 0.251 e. The van der Waals surface area contributed by atoms with Gasteiger partial charge in [-0.15, -0.1) is 0 Å². The van der Waals surface area contributed by atoms with Crippen LogP contribution < -0.4 is 14.8 Å². The third-order valence-corrected chi connectivity index (χ3v) is 6.30. The molecule has 2 N–H and O–H groups in total. The molecule has 0 saturated carbocycles. The highest BCUT2D eigenvalue weighted by Gasteiger charge is 2.19. The number of methoxy groups -OCH3 is 1. The lowest BCUT2D eigenvalue weighted by Crippen LogP contribution is -2.34. The van der Waals surface area contributed by atoms with Gasteiger partial charge in [-0.2, -0.15) is 0 Å². The molecule has 0 radical (unpaired) electrons. The summed E-state index contributed by atoms with van der Waals surface area (Å²) in [7, 11) is -2.00. The van der Waals surface area contributed by atoms with E-state index in [4.69, 9.17) is 4.74 Å². The lowest BCUT2D eigenvalue weighted by atomic mass is 10.1. The molecule has 0 aliphatic rings. The first-order chi connectivity index (χ1) is 13.9.